The number of guanidine groups is 1. The van der Waals surface area contributed by atoms with Crippen molar-refractivity contribution in [1.82, 2.24) is 25.7 Å². The van der Waals surface area contributed by atoms with Gasteiger partial charge in [-0.25, -0.2) is 0 Å². The summed E-state index contributed by atoms with van der Waals surface area (Å²) in [4.78, 5) is 11.2. The fourth-order valence-electron chi connectivity index (χ4n) is 3.16. The van der Waals surface area contributed by atoms with Crippen LogP contribution in [0.3, 0.4) is 0 Å². The maximum absolute atomic E-state index is 5.92. The van der Waals surface area contributed by atoms with Gasteiger partial charge in [-0.3, -0.25) is 9.89 Å². The molecule has 1 aromatic heterocycles. The largest absolute Gasteiger partial charge is 0.379 e. The van der Waals surface area contributed by atoms with E-state index in [1.54, 1.807) is 7.05 Å². The second-order valence-electron chi connectivity index (χ2n) is 7.53. The molecule has 0 unspecified atom stereocenters. The SMILES string of the molecule is CN=C(NCCc1nc(-c2ccc(Cl)cc2)no1)NCC(C)(C)N1CCOCC1. The number of rotatable bonds is 7. The molecule has 0 aliphatic carbocycles. The summed E-state index contributed by atoms with van der Waals surface area (Å²) in [6.07, 6.45) is 0.605. The van der Waals surface area contributed by atoms with Crippen molar-refractivity contribution >= 4 is 17.6 Å². The summed E-state index contributed by atoms with van der Waals surface area (Å²) >= 11 is 5.92. The molecule has 0 atom stereocenters. The third-order valence-electron chi connectivity index (χ3n) is 4.98. The zero-order valence-corrected chi connectivity index (χ0v) is 18.0. The number of aliphatic imine (C=N–C) groups is 1. The van der Waals surface area contributed by atoms with E-state index < -0.39 is 0 Å². The van der Waals surface area contributed by atoms with Crippen molar-refractivity contribution in [3.8, 4) is 11.4 Å². The molecule has 1 aliphatic rings. The van der Waals surface area contributed by atoms with Crippen LogP contribution in [0.2, 0.25) is 5.02 Å². The third-order valence-corrected chi connectivity index (χ3v) is 5.23. The summed E-state index contributed by atoms with van der Waals surface area (Å²) in [5.74, 6) is 1.89. The van der Waals surface area contributed by atoms with Crippen LogP contribution in [0, 0.1) is 0 Å². The second kappa shape index (κ2) is 10.0. The van der Waals surface area contributed by atoms with Gasteiger partial charge in [0.2, 0.25) is 11.7 Å². The van der Waals surface area contributed by atoms with Gasteiger partial charge in [-0.1, -0.05) is 16.8 Å². The molecule has 29 heavy (non-hydrogen) atoms. The van der Waals surface area contributed by atoms with Gasteiger partial charge in [0, 0.05) is 55.8 Å². The van der Waals surface area contributed by atoms with Gasteiger partial charge in [0.25, 0.3) is 0 Å². The number of nitrogens with zero attached hydrogens (tertiary/aromatic N) is 4. The number of aromatic nitrogens is 2. The van der Waals surface area contributed by atoms with Crippen LogP contribution in [0.1, 0.15) is 19.7 Å². The predicted molar refractivity (Wildman–Crippen MR) is 114 cm³/mol. The molecule has 0 saturated carbocycles. The van der Waals surface area contributed by atoms with E-state index >= 15 is 0 Å². The van der Waals surface area contributed by atoms with Gasteiger partial charge in [0.15, 0.2) is 5.96 Å². The summed E-state index contributed by atoms with van der Waals surface area (Å²) in [7, 11) is 1.77. The number of hydrogen-bond acceptors (Lipinski definition) is 6. The minimum atomic E-state index is 0.0152. The first-order chi connectivity index (χ1) is 14.0. The lowest BCUT2D eigenvalue weighted by Crippen LogP contribution is -2.56. The normalized spacial score (nSPS) is 16.1. The average Bonchev–Trinajstić information content (AvgIpc) is 3.20. The monoisotopic (exact) mass is 420 g/mol. The molecule has 1 saturated heterocycles. The van der Waals surface area contributed by atoms with Crippen LogP contribution >= 0.6 is 11.6 Å². The standard InChI is InChI=1S/C20H29ClN6O2/c1-20(2,27-10-12-28-13-11-27)14-24-19(22-3)23-9-8-17-25-18(26-29-17)15-4-6-16(21)7-5-15/h4-7H,8-14H2,1-3H3,(H2,22,23,24). The highest BCUT2D eigenvalue weighted by atomic mass is 35.5. The molecular formula is C20H29ClN6O2. The van der Waals surface area contributed by atoms with Gasteiger partial charge in [-0.05, 0) is 38.1 Å². The lowest BCUT2D eigenvalue weighted by atomic mass is 10.0. The van der Waals surface area contributed by atoms with E-state index in [0.717, 1.165) is 44.4 Å². The maximum atomic E-state index is 5.92. The maximum Gasteiger partial charge on any atom is 0.228 e. The highest BCUT2D eigenvalue weighted by Gasteiger charge is 2.28. The van der Waals surface area contributed by atoms with Crippen molar-refractivity contribution < 1.29 is 9.26 Å². The Kier molecular flexibility index (Phi) is 7.46. The molecule has 1 fully saturated rings. The van der Waals surface area contributed by atoms with Gasteiger partial charge in [-0.2, -0.15) is 4.98 Å². The first kappa shape index (κ1) is 21.5. The van der Waals surface area contributed by atoms with E-state index in [0.29, 0.717) is 29.7 Å². The molecule has 1 aromatic carbocycles. The zero-order valence-electron chi connectivity index (χ0n) is 17.2. The molecule has 2 N–H and O–H groups in total. The molecule has 158 valence electrons. The van der Waals surface area contributed by atoms with Crippen molar-refractivity contribution in [3.63, 3.8) is 0 Å². The first-order valence-electron chi connectivity index (χ1n) is 9.84. The Balaban J connectivity index is 1.44. The highest BCUT2D eigenvalue weighted by molar-refractivity contribution is 6.30. The smallest absolute Gasteiger partial charge is 0.228 e. The Labute approximate surface area is 176 Å². The number of hydrogen-bond donors (Lipinski definition) is 2. The van der Waals surface area contributed by atoms with Crippen LogP contribution in [-0.4, -0.2) is 73.0 Å². The van der Waals surface area contributed by atoms with Crippen molar-refractivity contribution in [2.24, 2.45) is 4.99 Å². The quantitative estimate of drug-likeness (QED) is 0.524. The van der Waals surface area contributed by atoms with Crippen LogP contribution in [0.5, 0.6) is 0 Å². The topological polar surface area (TPSA) is 87.8 Å². The van der Waals surface area contributed by atoms with Gasteiger partial charge < -0.3 is 19.9 Å². The van der Waals surface area contributed by atoms with E-state index in [1.807, 2.05) is 24.3 Å². The summed E-state index contributed by atoms with van der Waals surface area (Å²) < 4.78 is 10.8. The summed E-state index contributed by atoms with van der Waals surface area (Å²) in [5, 5.41) is 11.4. The van der Waals surface area contributed by atoms with Crippen LogP contribution < -0.4 is 10.6 Å². The van der Waals surface area contributed by atoms with Crippen LogP contribution in [0.15, 0.2) is 33.8 Å². The Hall–Kier alpha value is -2.16. The summed E-state index contributed by atoms with van der Waals surface area (Å²) in [5.41, 5.74) is 0.890. The Morgan fingerprint density at radius 2 is 1.93 bits per heavy atom. The fraction of sp³-hybridized carbons (Fsp3) is 0.550. The van der Waals surface area contributed by atoms with E-state index in [2.05, 4.69) is 44.5 Å². The fourth-order valence-corrected chi connectivity index (χ4v) is 3.29. The van der Waals surface area contributed by atoms with Crippen molar-refractivity contribution in [2.75, 3.05) is 46.4 Å². The van der Waals surface area contributed by atoms with Crippen molar-refractivity contribution in [3.05, 3.63) is 35.2 Å². The predicted octanol–water partition coefficient (Wildman–Crippen LogP) is 2.21. The van der Waals surface area contributed by atoms with Gasteiger partial charge >= 0.3 is 0 Å². The van der Waals surface area contributed by atoms with Crippen LogP contribution in [0.4, 0.5) is 0 Å². The molecule has 0 bridgehead atoms. The number of ether oxygens (including phenoxy) is 1. The molecule has 2 heterocycles. The first-order valence-corrected chi connectivity index (χ1v) is 10.2. The second-order valence-corrected chi connectivity index (χ2v) is 7.97. The molecule has 3 rings (SSSR count). The number of halogens is 1. The molecule has 0 amide bonds. The average molecular weight is 421 g/mol. The van der Waals surface area contributed by atoms with Gasteiger partial charge in [-0.15, -0.1) is 0 Å². The van der Waals surface area contributed by atoms with E-state index in [1.165, 1.54) is 0 Å². The third kappa shape index (κ3) is 6.16. The van der Waals surface area contributed by atoms with E-state index in [-0.39, 0.29) is 5.54 Å². The lowest BCUT2D eigenvalue weighted by molar-refractivity contribution is -0.00833. The molecule has 8 nitrogen and oxygen atoms in total. The zero-order chi connectivity index (χ0) is 20.7. The van der Waals surface area contributed by atoms with E-state index in [4.69, 9.17) is 20.9 Å². The highest BCUT2D eigenvalue weighted by Crippen LogP contribution is 2.18. The molecule has 0 radical (unpaired) electrons. The number of morpholine rings is 1. The minimum Gasteiger partial charge on any atom is -0.379 e. The van der Waals surface area contributed by atoms with Gasteiger partial charge in [0.05, 0.1) is 13.2 Å². The number of benzene rings is 1. The molecule has 9 heteroatoms. The minimum absolute atomic E-state index is 0.0152. The molecule has 2 aromatic rings. The van der Waals surface area contributed by atoms with Crippen LogP contribution in [0.25, 0.3) is 11.4 Å². The van der Waals surface area contributed by atoms with Gasteiger partial charge in [0.1, 0.15) is 0 Å². The Bertz CT molecular complexity index is 800. The number of nitrogens with one attached hydrogen (secondary N) is 2. The van der Waals surface area contributed by atoms with Crippen LogP contribution in [-0.2, 0) is 11.2 Å². The van der Waals surface area contributed by atoms with Crippen molar-refractivity contribution in [1.29, 1.82) is 0 Å². The summed E-state index contributed by atoms with van der Waals surface area (Å²) in [6, 6.07) is 7.36. The molecular weight excluding hydrogens is 392 g/mol. The molecule has 0 spiro atoms. The Morgan fingerprint density at radius 3 is 2.62 bits per heavy atom. The van der Waals surface area contributed by atoms with E-state index in [9.17, 15) is 0 Å². The van der Waals surface area contributed by atoms with Crippen molar-refractivity contribution in [2.45, 2.75) is 25.8 Å². The summed E-state index contributed by atoms with van der Waals surface area (Å²) in [6.45, 7) is 9.37. The molecule has 1 aliphatic heterocycles. The Morgan fingerprint density at radius 1 is 1.21 bits per heavy atom. The lowest BCUT2D eigenvalue weighted by Gasteiger charge is -2.41.